The Morgan fingerprint density at radius 3 is 2.23 bits per heavy atom. The molecule has 0 aliphatic heterocycles. The van der Waals surface area contributed by atoms with E-state index in [1.165, 1.54) is 12.4 Å². The lowest BCUT2D eigenvalue weighted by molar-refractivity contribution is -0.141. The Balaban J connectivity index is 2.07. The van der Waals surface area contributed by atoms with E-state index in [9.17, 15) is 9.59 Å². The van der Waals surface area contributed by atoms with Gasteiger partial charge in [-0.15, -0.1) is 0 Å². The number of carbonyl (C=O) groups is 2. The zero-order valence-corrected chi connectivity index (χ0v) is 12.4. The average Bonchev–Trinajstić information content (AvgIpc) is 2.54. The number of rotatable bonds is 5. The van der Waals surface area contributed by atoms with Crippen LogP contribution in [0, 0.1) is 5.92 Å². The number of hydrogen-bond donors (Lipinski definition) is 2. The predicted octanol–water partition coefficient (Wildman–Crippen LogP) is 1.98. The molecule has 0 bridgehead atoms. The monoisotopic (exact) mass is 299 g/mol. The molecule has 2 unspecified atom stereocenters. The first kappa shape index (κ1) is 15.6. The fourth-order valence-electron chi connectivity index (χ4n) is 1.81. The first-order chi connectivity index (χ1) is 10.5. The van der Waals surface area contributed by atoms with Gasteiger partial charge in [-0.05, 0) is 13.8 Å². The molecule has 0 spiro atoms. The molecule has 1 heterocycles. The van der Waals surface area contributed by atoms with E-state index in [1.807, 2.05) is 30.3 Å². The molecule has 1 aromatic carbocycles. The van der Waals surface area contributed by atoms with E-state index < -0.39 is 17.9 Å². The highest BCUT2D eigenvalue weighted by Gasteiger charge is 2.21. The van der Waals surface area contributed by atoms with E-state index in [0.717, 1.165) is 5.56 Å². The van der Waals surface area contributed by atoms with E-state index in [2.05, 4.69) is 15.3 Å². The lowest BCUT2D eigenvalue weighted by atomic mass is 10.0. The molecule has 2 rings (SSSR count). The van der Waals surface area contributed by atoms with Gasteiger partial charge >= 0.3 is 5.97 Å². The maximum atomic E-state index is 12.0. The Labute approximate surface area is 128 Å². The van der Waals surface area contributed by atoms with Crippen molar-refractivity contribution >= 4 is 11.9 Å². The van der Waals surface area contributed by atoms with Gasteiger partial charge < -0.3 is 10.4 Å². The number of nitrogens with one attached hydrogen (secondary N) is 1. The number of aliphatic carboxylic acids is 1. The number of amides is 1. The van der Waals surface area contributed by atoms with Crippen LogP contribution in [-0.4, -0.2) is 33.0 Å². The first-order valence-electron chi connectivity index (χ1n) is 6.90. The summed E-state index contributed by atoms with van der Waals surface area (Å²) in [5.41, 5.74) is 1.16. The highest BCUT2D eigenvalue weighted by atomic mass is 16.4. The number of carboxylic acid groups (broad SMARTS) is 1. The molecule has 2 aromatic rings. The van der Waals surface area contributed by atoms with E-state index in [1.54, 1.807) is 13.8 Å². The van der Waals surface area contributed by atoms with Crippen molar-refractivity contribution in [3.63, 3.8) is 0 Å². The molecule has 1 aromatic heterocycles. The van der Waals surface area contributed by atoms with Gasteiger partial charge in [-0.3, -0.25) is 9.59 Å². The Bertz CT molecular complexity index is 656. The minimum absolute atomic E-state index is 0.295. The lowest BCUT2D eigenvalue weighted by Gasteiger charge is -2.17. The molecule has 0 aliphatic carbocycles. The van der Waals surface area contributed by atoms with Gasteiger partial charge in [-0.1, -0.05) is 30.3 Å². The van der Waals surface area contributed by atoms with Gasteiger partial charge in [0.1, 0.15) is 0 Å². The molecule has 0 saturated carbocycles. The highest BCUT2D eigenvalue weighted by Crippen LogP contribution is 2.13. The molecule has 22 heavy (non-hydrogen) atoms. The van der Waals surface area contributed by atoms with Gasteiger partial charge in [0.05, 0.1) is 11.5 Å². The van der Waals surface area contributed by atoms with Crippen molar-refractivity contribution in [1.82, 2.24) is 15.3 Å². The topological polar surface area (TPSA) is 92.2 Å². The highest BCUT2D eigenvalue weighted by molar-refractivity contribution is 5.94. The van der Waals surface area contributed by atoms with Gasteiger partial charge in [-0.2, -0.15) is 0 Å². The maximum absolute atomic E-state index is 12.0. The third-order valence-electron chi connectivity index (χ3n) is 3.44. The Morgan fingerprint density at radius 2 is 1.68 bits per heavy atom. The van der Waals surface area contributed by atoms with Crippen LogP contribution in [0.3, 0.4) is 0 Å². The summed E-state index contributed by atoms with van der Waals surface area (Å²) < 4.78 is 0. The van der Waals surface area contributed by atoms with Crippen LogP contribution in [0.2, 0.25) is 0 Å². The summed E-state index contributed by atoms with van der Waals surface area (Å²) >= 11 is 0. The van der Waals surface area contributed by atoms with Crippen molar-refractivity contribution in [2.75, 3.05) is 0 Å². The van der Waals surface area contributed by atoms with Crippen molar-refractivity contribution in [2.24, 2.45) is 5.92 Å². The summed E-state index contributed by atoms with van der Waals surface area (Å²) in [6.07, 6.45) is 2.87. The molecular formula is C16H17N3O3. The fraction of sp³-hybridized carbons (Fsp3) is 0.250. The number of benzene rings is 1. The van der Waals surface area contributed by atoms with Crippen LogP contribution >= 0.6 is 0 Å². The molecule has 2 N–H and O–H groups in total. The second-order valence-corrected chi connectivity index (χ2v) is 5.05. The van der Waals surface area contributed by atoms with E-state index >= 15 is 0 Å². The van der Waals surface area contributed by atoms with Crippen LogP contribution in [0.25, 0.3) is 11.4 Å². The quantitative estimate of drug-likeness (QED) is 0.880. The van der Waals surface area contributed by atoms with E-state index in [-0.39, 0.29) is 5.91 Å². The van der Waals surface area contributed by atoms with Crippen LogP contribution in [0.4, 0.5) is 0 Å². The number of nitrogens with zero attached hydrogens (tertiary/aromatic N) is 2. The third-order valence-corrected chi connectivity index (χ3v) is 3.44. The van der Waals surface area contributed by atoms with Gasteiger partial charge in [-0.25, -0.2) is 9.97 Å². The molecular weight excluding hydrogens is 282 g/mol. The summed E-state index contributed by atoms with van der Waals surface area (Å²) in [6, 6.07) is 8.94. The maximum Gasteiger partial charge on any atom is 0.308 e. The molecule has 6 heteroatoms. The van der Waals surface area contributed by atoms with Crippen LogP contribution < -0.4 is 5.32 Å². The van der Waals surface area contributed by atoms with Gasteiger partial charge in [0.15, 0.2) is 5.82 Å². The minimum Gasteiger partial charge on any atom is -0.481 e. The summed E-state index contributed by atoms with van der Waals surface area (Å²) in [4.78, 5) is 31.3. The van der Waals surface area contributed by atoms with Crippen LogP contribution in [0.5, 0.6) is 0 Å². The zero-order chi connectivity index (χ0) is 16.1. The van der Waals surface area contributed by atoms with Crippen LogP contribution in [-0.2, 0) is 4.79 Å². The minimum atomic E-state index is -0.955. The number of carbonyl (C=O) groups excluding carboxylic acids is 1. The summed E-state index contributed by atoms with van der Waals surface area (Å²) in [5, 5.41) is 11.6. The lowest BCUT2D eigenvalue weighted by Crippen LogP contribution is -2.40. The summed E-state index contributed by atoms with van der Waals surface area (Å²) in [6.45, 7) is 3.19. The van der Waals surface area contributed by atoms with Crippen molar-refractivity contribution in [2.45, 2.75) is 19.9 Å². The second kappa shape index (κ2) is 6.80. The Morgan fingerprint density at radius 1 is 1.09 bits per heavy atom. The average molecular weight is 299 g/mol. The Kier molecular flexibility index (Phi) is 4.83. The van der Waals surface area contributed by atoms with Crippen LogP contribution in [0.1, 0.15) is 24.2 Å². The largest absolute Gasteiger partial charge is 0.481 e. The summed E-state index contributed by atoms with van der Waals surface area (Å²) in [5.74, 6) is -1.48. The standard InChI is InChI=1S/C16H17N3O3/c1-10(16(21)22)11(2)19-15(20)13-8-17-14(18-9-13)12-6-4-3-5-7-12/h3-11H,1-2H3,(H,19,20)(H,21,22). The molecule has 0 aliphatic rings. The molecule has 0 radical (unpaired) electrons. The van der Waals surface area contributed by atoms with Crippen molar-refractivity contribution in [3.05, 3.63) is 48.3 Å². The van der Waals surface area contributed by atoms with Crippen LogP contribution in [0.15, 0.2) is 42.7 Å². The Hall–Kier alpha value is -2.76. The summed E-state index contributed by atoms with van der Waals surface area (Å²) in [7, 11) is 0. The number of carboxylic acids is 1. The predicted molar refractivity (Wildman–Crippen MR) is 81.2 cm³/mol. The molecule has 114 valence electrons. The molecule has 1 amide bonds. The van der Waals surface area contributed by atoms with Gasteiger partial charge in [0.2, 0.25) is 0 Å². The first-order valence-corrected chi connectivity index (χ1v) is 6.90. The molecule has 6 nitrogen and oxygen atoms in total. The second-order valence-electron chi connectivity index (χ2n) is 5.05. The third kappa shape index (κ3) is 3.66. The van der Waals surface area contributed by atoms with E-state index in [4.69, 9.17) is 5.11 Å². The smallest absolute Gasteiger partial charge is 0.308 e. The van der Waals surface area contributed by atoms with Gasteiger partial charge in [0.25, 0.3) is 5.91 Å². The normalized spacial score (nSPS) is 13.2. The van der Waals surface area contributed by atoms with Crippen molar-refractivity contribution in [3.8, 4) is 11.4 Å². The number of aromatic nitrogens is 2. The fourth-order valence-corrected chi connectivity index (χ4v) is 1.81. The van der Waals surface area contributed by atoms with E-state index in [0.29, 0.717) is 11.4 Å². The molecule has 2 atom stereocenters. The van der Waals surface area contributed by atoms with Crippen molar-refractivity contribution in [1.29, 1.82) is 0 Å². The molecule has 0 saturated heterocycles. The zero-order valence-electron chi connectivity index (χ0n) is 12.4. The number of hydrogen-bond acceptors (Lipinski definition) is 4. The SMILES string of the molecule is CC(NC(=O)c1cnc(-c2ccccc2)nc1)C(C)C(=O)O. The van der Waals surface area contributed by atoms with Crippen molar-refractivity contribution < 1.29 is 14.7 Å². The molecule has 0 fully saturated rings. The van der Waals surface area contributed by atoms with Gasteiger partial charge in [0, 0.05) is 24.0 Å².